The molecule has 1 aliphatic heterocycles. The summed E-state index contributed by atoms with van der Waals surface area (Å²) in [6, 6.07) is 12.0. The van der Waals surface area contributed by atoms with Gasteiger partial charge in [-0.15, -0.1) is 0 Å². The number of anilines is 1. The first-order chi connectivity index (χ1) is 12.0. The van der Waals surface area contributed by atoms with E-state index in [0.29, 0.717) is 18.0 Å². The Bertz CT molecular complexity index is 796. The van der Waals surface area contributed by atoms with Crippen LogP contribution in [0.2, 0.25) is 0 Å². The summed E-state index contributed by atoms with van der Waals surface area (Å²) in [5, 5.41) is 0. The maximum Gasteiger partial charge on any atom is 0.274 e. The molecule has 5 nitrogen and oxygen atoms in total. The second kappa shape index (κ2) is 7.54. The van der Waals surface area contributed by atoms with E-state index in [9.17, 15) is 8.42 Å². The number of H-pyrrole nitrogens is 1. The van der Waals surface area contributed by atoms with Crippen molar-refractivity contribution in [2.75, 3.05) is 25.0 Å². The third-order valence-electron chi connectivity index (χ3n) is 4.67. The van der Waals surface area contributed by atoms with E-state index in [1.807, 2.05) is 13.1 Å². The fraction of sp³-hybridized carbons (Fsp3) is 0.421. The minimum atomic E-state index is -3.38. The Balaban J connectivity index is 1.71. The van der Waals surface area contributed by atoms with Crippen LogP contribution in [0.5, 0.6) is 0 Å². The van der Waals surface area contributed by atoms with Gasteiger partial charge in [0.1, 0.15) is 17.6 Å². The first-order valence-corrected chi connectivity index (χ1v) is 10.2. The maximum atomic E-state index is 12.7. The molecule has 0 radical (unpaired) electrons. The van der Waals surface area contributed by atoms with Crippen molar-refractivity contribution in [3.63, 3.8) is 0 Å². The van der Waals surface area contributed by atoms with E-state index in [1.165, 1.54) is 11.1 Å². The molecule has 0 amide bonds. The number of benzene rings is 1. The lowest BCUT2D eigenvalue weighted by molar-refractivity contribution is -0.367. The quantitative estimate of drug-likeness (QED) is 0.824. The van der Waals surface area contributed by atoms with E-state index in [2.05, 4.69) is 41.1 Å². The largest absolute Gasteiger partial charge is 0.274 e. The zero-order valence-corrected chi connectivity index (χ0v) is 15.7. The number of hydrogen-bond donors (Lipinski definition) is 0. The third-order valence-corrected chi connectivity index (χ3v) is 6.57. The highest BCUT2D eigenvalue weighted by Gasteiger charge is 2.27. The van der Waals surface area contributed by atoms with Crippen molar-refractivity contribution in [1.29, 1.82) is 0 Å². The monoisotopic (exact) mass is 360 g/mol. The summed E-state index contributed by atoms with van der Waals surface area (Å²) in [7, 11) is -1.39. The standard InChI is InChI=1S/C19H25N3O2S/c1-16-6-8-17(9-7-16)15-21(2)19-11-10-18(14-20-19)25(23,24)22-12-4-3-5-13-22/h6-11,14H,3-5,12-13,15H2,1-2H3/p+1. The molecule has 3 rings (SSSR count). The molecule has 0 bridgehead atoms. The molecule has 1 fully saturated rings. The Morgan fingerprint density at radius 1 is 1.04 bits per heavy atom. The number of aromatic nitrogens is 1. The van der Waals surface area contributed by atoms with E-state index in [-0.39, 0.29) is 0 Å². The summed E-state index contributed by atoms with van der Waals surface area (Å²) in [4.78, 5) is 5.54. The molecule has 1 aromatic heterocycles. The van der Waals surface area contributed by atoms with E-state index in [0.717, 1.165) is 31.6 Å². The molecule has 0 atom stereocenters. The number of rotatable bonds is 5. The lowest BCUT2D eigenvalue weighted by Crippen LogP contribution is -2.36. The lowest BCUT2D eigenvalue weighted by Gasteiger charge is -2.25. The molecule has 25 heavy (non-hydrogen) atoms. The van der Waals surface area contributed by atoms with Gasteiger partial charge in [-0.1, -0.05) is 36.2 Å². The van der Waals surface area contributed by atoms with Crippen molar-refractivity contribution < 1.29 is 13.4 Å². The van der Waals surface area contributed by atoms with Gasteiger partial charge in [-0.05, 0) is 31.4 Å². The molecule has 134 valence electrons. The first-order valence-electron chi connectivity index (χ1n) is 8.75. The van der Waals surface area contributed by atoms with Gasteiger partial charge >= 0.3 is 0 Å². The number of aromatic amines is 1. The number of nitrogens with one attached hydrogen (secondary N) is 1. The maximum absolute atomic E-state index is 12.7. The van der Waals surface area contributed by atoms with Gasteiger partial charge in [0.05, 0.1) is 7.05 Å². The lowest BCUT2D eigenvalue weighted by atomic mass is 10.1. The Labute approximate surface area is 150 Å². The van der Waals surface area contributed by atoms with Crippen LogP contribution in [-0.4, -0.2) is 32.9 Å². The predicted molar refractivity (Wildman–Crippen MR) is 98.9 cm³/mol. The van der Waals surface area contributed by atoms with Gasteiger partial charge in [0, 0.05) is 19.2 Å². The van der Waals surface area contributed by atoms with Gasteiger partial charge in [-0.2, -0.15) is 4.31 Å². The number of piperidine rings is 1. The van der Waals surface area contributed by atoms with E-state index in [1.54, 1.807) is 16.6 Å². The number of aryl methyl sites for hydroxylation is 1. The van der Waals surface area contributed by atoms with Gasteiger partial charge in [0.2, 0.25) is 10.0 Å². The zero-order valence-electron chi connectivity index (χ0n) is 14.9. The predicted octanol–water partition coefficient (Wildman–Crippen LogP) is 2.62. The van der Waals surface area contributed by atoms with Crippen molar-refractivity contribution in [1.82, 2.24) is 4.31 Å². The summed E-state index contributed by atoms with van der Waals surface area (Å²) < 4.78 is 27.0. The number of pyridine rings is 1. The Hall–Kier alpha value is -1.92. The fourth-order valence-electron chi connectivity index (χ4n) is 3.11. The third kappa shape index (κ3) is 4.19. The minimum absolute atomic E-state index is 0.335. The Kier molecular flexibility index (Phi) is 5.39. The molecule has 1 N–H and O–H groups in total. The molecule has 0 unspecified atom stereocenters. The van der Waals surface area contributed by atoms with Gasteiger partial charge in [0.25, 0.3) is 5.82 Å². The molecule has 2 heterocycles. The van der Waals surface area contributed by atoms with Gasteiger partial charge < -0.3 is 0 Å². The van der Waals surface area contributed by atoms with E-state index >= 15 is 0 Å². The molecule has 0 saturated carbocycles. The normalized spacial score (nSPS) is 15.9. The second-order valence-corrected chi connectivity index (χ2v) is 8.65. The molecule has 1 aromatic carbocycles. The average Bonchev–Trinajstić information content (AvgIpc) is 2.64. The zero-order chi connectivity index (χ0) is 17.9. The highest BCUT2D eigenvalue weighted by molar-refractivity contribution is 7.89. The van der Waals surface area contributed by atoms with E-state index < -0.39 is 10.0 Å². The minimum Gasteiger partial charge on any atom is -0.260 e. The topological polar surface area (TPSA) is 54.8 Å². The van der Waals surface area contributed by atoms with Crippen molar-refractivity contribution in [3.05, 3.63) is 53.7 Å². The smallest absolute Gasteiger partial charge is 0.260 e. The summed E-state index contributed by atoms with van der Waals surface area (Å²) in [5.74, 6) is 0.887. The van der Waals surface area contributed by atoms with Crippen LogP contribution >= 0.6 is 0 Å². The van der Waals surface area contributed by atoms with Crippen LogP contribution in [0.15, 0.2) is 47.5 Å². The van der Waals surface area contributed by atoms with Crippen LogP contribution in [0.25, 0.3) is 0 Å². The van der Waals surface area contributed by atoms with Crippen molar-refractivity contribution in [3.8, 4) is 0 Å². The fourth-order valence-corrected chi connectivity index (χ4v) is 4.59. The highest BCUT2D eigenvalue weighted by Crippen LogP contribution is 2.20. The molecule has 0 spiro atoms. The second-order valence-electron chi connectivity index (χ2n) is 6.72. The van der Waals surface area contributed by atoms with E-state index in [4.69, 9.17) is 0 Å². The van der Waals surface area contributed by atoms with Crippen LogP contribution < -0.4 is 9.88 Å². The summed E-state index contributed by atoms with van der Waals surface area (Å²) in [6.45, 7) is 4.08. The summed E-state index contributed by atoms with van der Waals surface area (Å²) in [5.41, 5.74) is 2.46. The van der Waals surface area contributed by atoms with Crippen molar-refractivity contribution >= 4 is 15.8 Å². The molecule has 2 aromatic rings. The van der Waals surface area contributed by atoms with Crippen molar-refractivity contribution in [2.45, 2.75) is 37.6 Å². The number of nitrogens with zero attached hydrogens (tertiary/aromatic N) is 2. The Morgan fingerprint density at radius 2 is 1.72 bits per heavy atom. The molecular weight excluding hydrogens is 334 g/mol. The van der Waals surface area contributed by atoms with Gasteiger partial charge in [-0.25, -0.2) is 13.4 Å². The molecular formula is C19H26N3O2S+. The Morgan fingerprint density at radius 3 is 2.32 bits per heavy atom. The van der Waals surface area contributed by atoms with Crippen LogP contribution in [0.4, 0.5) is 5.82 Å². The SMILES string of the molecule is Cc1ccc(CN(C)c2ccc(S(=O)(=O)N3CCCCC3)c[nH+]2)cc1. The highest BCUT2D eigenvalue weighted by atomic mass is 32.2. The van der Waals surface area contributed by atoms with Crippen LogP contribution in [0.3, 0.4) is 0 Å². The molecule has 0 aliphatic carbocycles. The van der Waals surface area contributed by atoms with Crippen LogP contribution in [0.1, 0.15) is 30.4 Å². The molecule has 1 saturated heterocycles. The van der Waals surface area contributed by atoms with Crippen LogP contribution in [-0.2, 0) is 16.6 Å². The first kappa shape index (κ1) is 17.9. The van der Waals surface area contributed by atoms with Crippen LogP contribution in [0, 0.1) is 6.92 Å². The number of sulfonamides is 1. The summed E-state index contributed by atoms with van der Waals surface area (Å²) in [6.07, 6.45) is 4.60. The number of hydrogen-bond acceptors (Lipinski definition) is 3. The summed E-state index contributed by atoms with van der Waals surface area (Å²) >= 11 is 0. The van der Waals surface area contributed by atoms with Gasteiger partial charge in [0.15, 0.2) is 0 Å². The van der Waals surface area contributed by atoms with Gasteiger partial charge in [-0.3, -0.25) is 4.90 Å². The molecule has 6 heteroatoms. The molecule has 1 aliphatic rings. The van der Waals surface area contributed by atoms with Crippen molar-refractivity contribution in [2.24, 2.45) is 0 Å². The average molecular weight is 361 g/mol.